The SMILES string of the molecule is O=C(O)Cc1cc2cc(C(=O)Nc3cc(Cl)c(Cl)c(Cl)c3)ccc2o1. The molecule has 3 aromatic rings. The number of fused-ring (bicyclic) bond motifs is 1. The smallest absolute Gasteiger partial charge is 0.311 e. The maximum Gasteiger partial charge on any atom is 0.311 e. The second-order valence-electron chi connectivity index (χ2n) is 5.24. The van der Waals surface area contributed by atoms with Crippen LogP contribution < -0.4 is 5.32 Å². The molecule has 0 aliphatic heterocycles. The lowest BCUT2D eigenvalue weighted by molar-refractivity contribution is -0.136. The molecule has 0 bridgehead atoms. The Kier molecular flexibility index (Phi) is 4.90. The van der Waals surface area contributed by atoms with Crippen LogP contribution in [0.1, 0.15) is 16.1 Å². The molecule has 1 amide bonds. The van der Waals surface area contributed by atoms with Crippen molar-refractivity contribution in [2.45, 2.75) is 6.42 Å². The predicted molar refractivity (Wildman–Crippen MR) is 97.0 cm³/mol. The molecule has 0 radical (unpaired) electrons. The van der Waals surface area contributed by atoms with Crippen LogP contribution in [0, 0.1) is 0 Å². The lowest BCUT2D eigenvalue weighted by Crippen LogP contribution is -2.11. The number of carbonyl (C=O) groups is 2. The molecule has 0 unspecified atom stereocenters. The minimum Gasteiger partial charge on any atom is -0.481 e. The standard InChI is InChI=1S/C17H10Cl3NO4/c18-12-5-10(6-13(19)16(12)20)21-17(24)8-1-2-14-9(3-8)4-11(25-14)7-15(22)23/h1-6H,7H2,(H,21,24)(H,22,23). The van der Waals surface area contributed by atoms with Gasteiger partial charge in [0.2, 0.25) is 0 Å². The van der Waals surface area contributed by atoms with Gasteiger partial charge in [-0.1, -0.05) is 34.8 Å². The zero-order valence-corrected chi connectivity index (χ0v) is 14.7. The molecule has 0 fully saturated rings. The summed E-state index contributed by atoms with van der Waals surface area (Å²) in [5.74, 6) is -1.05. The lowest BCUT2D eigenvalue weighted by Gasteiger charge is -2.08. The molecule has 128 valence electrons. The summed E-state index contributed by atoms with van der Waals surface area (Å²) in [7, 11) is 0. The Balaban J connectivity index is 1.85. The number of amides is 1. The quantitative estimate of drug-likeness (QED) is 0.587. The van der Waals surface area contributed by atoms with Gasteiger partial charge in [-0.2, -0.15) is 0 Å². The number of carboxylic acid groups (broad SMARTS) is 1. The van der Waals surface area contributed by atoms with Crippen LogP contribution in [-0.4, -0.2) is 17.0 Å². The van der Waals surface area contributed by atoms with Gasteiger partial charge >= 0.3 is 5.97 Å². The van der Waals surface area contributed by atoms with Gasteiger partial charge in [0.15, 0.2) is 0 Å². The summed E-state index contributed by atoms with van der Waals surface area (Å²) in [4.78, 5) is 23.1. The summed E-state index contributed by atoms with van der Waals surface area (Å²) >= 11 is 17.8. The number of furan rings is 1. The largest absolute Gasteiger partial charge is 0.481 e. The van der Waals surface area contributed by atoms with Gasteiger partial charge in [-0.3, -0.25) is 9.59 Å². The fourth-order valence-electron chi connectivity index (χ4n) is 2.31. The van der Waals surface area contributed by atoms with Gasteiger partial charge in [0.1, 0.15) is 17.8 Å². The third kappa shape index (κ3) is 3.90. The van der Waals surface area contributed by atoms with Crippen LogP contribution in [0.5, 0.6) is 0 Å². The zero-order chi connectivity index (χ0) is 18.1. The Labute approximate surface area is 157 Å². The summed E-state index contributed by atoms with van der Waals surface area (Å²) in [5.41, 5.74) is 1.28. The average Bonchev–Trinajstić information content (AvgIpc) is 2.92. The van der Waals surface area contributed by atoms with Gasteiger partial charge in [0.05, 0.1) is 15.1 Å². The summed E-state index contributed by atoms with van der Waals surface area (Å²) in [5, 5.41) is 12.8. The molecule has 1 aromatic heterocycles. The lowest BCUT2D eigenvalue weighted by atomic mass is 10.1. The average molecular weight is 399 g/mol. The van der Waals surface area contributed by atoms with Crippen molar-refractivity contribution in [3.63, 3.8) is 0 Å². The van der Waals surface area contributed by atoms with Crippen LogP contribution in [0.25, 0.3) is 11.0 Å². The van der Waals surface area contributed by atoms with E-state index in [2.05, 4.69) is 5.32 Å². The Morgan fingerprint density at radius 2 is 1.72 bits per heavy atom. The number of aliphatic carboxylic acids is 1. The molecule has 8 heteroatoms. The van der Waals surface area contributed by atoms with E-state index in [1.54, 1.807) is 24.3 Å². The predicted octanol–water partition coefficient (Wildman–Crippen LogP) is 5.27. The number of anilines is 1. The van der Waals surface area contributed by atoms with Crippen molar-refractivity contribution in [2.75, 3.05) is 5.32 Å². The highest BCUT2D eigenvalue weighted by Crippen LogP contribution is 2.33. The normalized spacial score (nSPS) is 10.8. The third-order valence-electron chi connectivity index (χ3n) is 3.40. The Morgan fingerprint density at radius 1 is 1.04 bits per heavy atom. The highest BCUT2D eigenvalue weighted by atomic mass is 35.5. The van der Waals surface area contributed by atoms with Gasteiger partial charge in [-0.15, -0.1) is 0 Å². The molecule has 0 saturated carbocycles. The number of rotatable bonds is 4. The van der Waals surface area contributed by atoms with Crippen molar-refractivity contribution in [2.24, 2.45) is 0 Å². The van der Waals surface area contributed by atoms with Crippen LogP contribution in [0.15, 0.2) is 40.8 Å². The van der Waals surface area contributed by atoms with Crippen LogP contribution in [0.2, 0.25) is 15.1 Å². The van der Waals surface area contributed by atoms with Crippen molar-refractivity contribution in [1.82, 2.24) is 0 Å². The highest BCUT2D eigenvalue weighted by Gasteiger charge is 2.13. The monoisotopic (exact) mass is 397 g/mol. The number of hydrogen-bond acceptors (Lipinski definition) is 3. The van der Waals surface area contributed by atoms with Gasteiger partial charge in [0, 0.05) is 16.6 Å². The highest BCUT2D eigenvalue weighted by molar-refractivity contribution is 6.48. The Morgan fingerprint density at radius 3 is 2.36 bits per heavy atom. The summed E-state index contributed by atoms with van der Waals surface area (Å²) in [6.45, 7) is 0. The molecule has 1 heterocycles. The van der Waals surface area contributed by atoms with E-state index < -0.39 is 5.97 Å². The fourth-order valence-corrected chi connectivity index (χ4v) is 2.90. The molecule has 0 atom stereocenters. The summed E-state index contributed by atoms with van der Waals surface area (Å²) < 4.78 is 5.41. The molecule has 0 saturated heterocycles. The molecule has 0 spiro atoms. The second-order valence-corrected chi connectivity index (χ2v) is 6.44. The first-order chi connectivity index (χ1) is 11.8. The molecule has 3 rings (SSSR count). The van der Waals surface area contributed by atoms with E-state index in [1.807, 2.05) is 0 Å². The van der Waals surface area contributed by atoms with Gasteiger partial charge in [-0.25, -0.2) is 0 Å². The molecule has 0 aliphatic rings. The van der Waals surface area contributed by atoms with E-state index in [0.29, 0.717) is 28.0 Å². The van der Waals surface area contributed by atoms with Crippen LogP contribution in [0.4, 0.5) is 5.69 Å². The molecule has 0 aliphatic carbocycles. The van der Waals surface area contributed by atoms with Gasteiger partial charge in [-0.05, 0) is 36.4 Å². The van der Waals surface area contributed by atoms with Crippen LogP contribution >= 0.6 is 34.8 Å². The van der Waals surface area contributed by atoms with Crippen LogP contribution in [-0.2, 0) is 11.2 Å². The first-order valence-corrected chi connectivity index (χ1v) is 8.17. The minimum atomic E-state index is -0.992. The Hall–Kier alpha value is -2.21. The zero-order valence-electron chi connectivity index (χ0n) is 12.5. The van der Waals surface area contributed by atoms with E-state index in [1.165, 1.54) is 12.1 Å². The van der Waals surface area contributed by atoms with Crippen molar-refractivity contribution in [1.29, 1.82) is 0 Å². The third-order valence-corrected chi connectivity index (χ3v) is 4.59. The number of benzene rings is 2. The van der Waals surface area contributed by atoms with Gasteiger partial charge in [0.25, 0.3) is 5.91 Å². The van der Waals surface area contributed by atoms with Crippen molar-refractivity contribution >= 4 is 63.3 Å². The van der Waals surface area contributed by atoms with E-state index in [4.69, 9.17) is 44.3 Å². The fraction of sp³-hybridized carbons (Fsp3) is 0.0588. The second kappa shape index (κ2) is 6.96. The number of halogens is 3. The van der Waals surface area contributed by atoms with Crippen molar-refractivity contribution < 1.29 is 19.1 Å². The molecular formula is C17H10Cl3NO4. The van der Waals surface area contributed by atoms with E-state index >= 15 is 0 Å². The maximum atomic E-state index is 12.4. The molecule has 2 N–H and O–H groups in total. The topological polar surface area (TPSA) is 79.5 Å². The number of hydrogen-bond donors (Lipinski definition) is 2. The van der Waals surface area contributed by atoms with E-state index in [0.717, 1.165) is 0 Å². The number of carbonyl (C=O) groups excluding carboxylic acids is 1. The van der Waals surface area contributed by atoms with Crippen molar-refractivity contribution in [3.05, 3.63) is 62.8 Å². The van der Waals surface area contributed by atoms with Crippen molar-refractivity contribution in [3.8, 4) is 0 Å². The maximum absolute atomic E-state index is 12.4. The molecule has 2 aromatic carbocycles. The van der Waals surface area contributed by atoms with Gasteiger partial charge < -0.3 is 14.8 Å². The number of nitrogens with one attached hydrogen (secondary N) is 1. The number of carboxylic acids is 1. The first kappa shape index (κ1) is 17.6. The van der Waals surface area contributed by atoms with Crippen LogP contribution in [0.3, 0.4) is 0 Å². The molecule has 25 heavy (non-hydrogen) atoms. The summed E-state index contributed by atoms with van der Waals surface area (Å²) in [6, 6.07) is 9.38. The molecule has 5 nitrogen and oxygen atoms in total. The molecular weight excluding hydrogens is 389 g/mol. The summed E-state index contributed by atoms with van der Waals surface area (Å²) in [6.07, 6.45) is -0.224. The van der Waals surface area contributed by atoms with E-state index in [9.17, 15) is 9.59 Å². The first-order valence-electron chi connectivity index (χ1n) is 7.03. The minimum absolute atomic E-state index is 0.215. The Bertz CT molecular complexity index is 974. The van der Waals surface area contributed by atoms with E-state index in [-0.39, 0.29) is 27.4 Å².